The van der Waals surface area contributed by atoms with E-state index in [2.05, 4.69) is 14.9 Å². The summed E-state index contributed by atoms with van der Waals surface area (Å²) >= 11 is 0. The van der Waals surface area contributed by atoms with E-state index in [4.69, 9.17) is 4.74 Å². The fourth-order valence-electron chi connectivity index (χ4n) is 3.83. The van der Waals surface area contributed by atoms with Crippen LogP contribution in [0, 0.1) is 5.41 Å². The lowest BCUT2D eigenvalue weighted by atomic mass is 9.77. The van der Waals surface area contributed by atoms with Crippen LogP contribution in [0.1, 0.15) is 19.3 Å². The van der Waals surface area contributed by atoms with E-state index in [1.807, 2.05) is 6.07 Å². The molecule has 0 radical (unpaired) electrons. The summed E-state index contributed by atoms with van der Waals surface area (Å²) in [6.07, 6.45) is 7.55. The molecule has 3 heterocycles. The minimum absolute atomic E-state index is 0.129. The minimum Gasteiger partial charge on any atom is -0.383 e. The minimum atomic E-state index is -3.09. The lowest BCUT2D eigenvalue weighted by Crippen LogP contribution is -2.43. The smallest absolute Gasteiger partial charge is 0.225 e. The summed E-state index contributed by atoms with van der Waals surface area (Å²) in [6, 6.07) is 2.05. The van der Waals surface area contributed by atoms with E-state index in [0.29, 0.717) is 19.7 Å². The van der Waals surface area contributed by atoms with Crippen LogP contribution in [0.25, 0.3) is 0 Å². The Labute approximate surface area is 137 Å². The topological polar surface area (TPSA) is 75.6 Å². The summed E-state index contributed by atoms with van der Waals surface area (Å²) in [4.78, 5) is 11.0. The van der Waals surface area contributed by atoms with Crippen molar-refractivity contribution < 1.29 is 13.2 Å². The Balaban J connectivity index is 1.76. The standard InChI is InChI=1S/C15H24N4O3S/c1-22-11-13-10-15(4-8-18(9-5-15)23(2,20)21)12-19(13)14-16-6-3-7-17-14/h3,6-7,13H,4-5,8-12H2,1-2H3. The van der Waals surface area contributed by atoms with Gasteiger partial charge < -0.3 is 9.64 Å². The molecule has 2 aliphatic rings. The van der Waals surface area contributed by atoms with Crippen molar-refractivity contribution in [1.82, 2.24) is 14.3 Å². The maximum Gasteiger partial charge on any atom is 0.225 e. The maximum absolute atomic E-state index is 11.7. The molecule has 1 atom stereocenters. The number of rotatable bonds is 4. The highest BCUT2D eigenvalue weighted by Gasteiger charge is 2.47. The van der Waals surface area contributed by atoms with Crippen molar-refractivity contribution in [2.24, 2.45) is 5.41 Å². The molecule has 1 spiro atoms. The quantitative estimate of drug-likeness (QED) is 0.805. The van der Waals surface area contributed by atoms with Crippen molar-refractivity contribution >= 4 is 16.0 Å². The number of hydrogen-bond acceptors (Lipinski definition) is 6. The Morgan fingerprint density at radius 3 is 2.52 bits per heavy atom. The Kier molecular flexibility index (Phi) is 4.57. The highest BCUT2D eigenvalue weighted by molar-refractivity contribution is 7.88. The summed E-state index contributed by atoms with van der Waals surface area (Å²) in [7, 11) is -1.38. The third-order valence-electron chi connectivity index (χ3n) is 5.04. The van der Waals surface area contributed by atoms with Crippen molar-refractivity contribution in [3.05, 3.63) is 18.5 Å². The maximum atomic E-state index is 11.7. The highest BCUT2D eigenvalue weighted by Crippen LogP contribution is 2.44. The van der Waals surface area contributed by atoms with Crippen molar-refractivity contribution in [2.75, 3.05) is 44.5 Å². The number of piperidine rings is 1. The summed E-state index contributed by atoms with van der Waals surface area (Å²) in [6.45, 7) is 2.70. The van der Waals surface area contributed by atoms with Gasteiger partial charge in [-0.25, -0.2) is 22.7 Å². The van der Waals surface area contributed by atoms with Crippen LogP contribution in [-0.4, -0.2) is 68.3 Å². The third kappa shape index (κ3) is 3.49. The molecule has 2 saturated heterocycles. The number of methoxy groups -OCH3 is 1. The first kappa shape index (κ1) is 16.6. The highest BCUT2D eigenvalue weighted by atomic mass is 32.2. The van der Waals surface area contributed by atoms with Gasteiger partial charge in [0.2, 0.25) is 16.0 Å². The van der Waals surface area contributed by atoms with Crippen molar-refractivity contribution in [1.29, 1.82) is 0 Å². The number of nitrogens with zero attached hydrogens (tertiary/aromatic N) is 4. The third-order valence-corrected chi connectivity index (χ3v) is 6.34. The van der Waals surface area contributed by atoms with Crippen LogP contribution in [0.5, 0.6) is 0 Å². The SMILES string of the molecule is COCC1CC2(CCN(S(C)(=O)=O)CC2)CN1c1ncccn1. The predicted octanol–water partition coefficient (Wildman–Crippen LogP) is 0.744. The second kappa shape index (κ2) is 6.33. The van der Waals surface area contributed by atoms with E-state index in [1.54, 1.807) is 23.8 Å². The first-order valence-corrected chi connectivity index (χ1v) is 9.76. The van der Waals surface area contributed by atoms with Crippen molar-refractivity contribution in [3.63, 3.8) is 0 Å². The number of aromatic nitrogens is 2. The first-order valence-electron chi connectivity index (χ1n) is 7.91. The summed E-state index contributed by atoms with van der Waals surface area (Å²) in [5.41, 5.74) is 0.129. The average molecular weight is 340 g/mol. The molecule has 2 fully saturated rings. The lowest BCUT2D eigenvalue weighted by Gasteiger charge is -2.38. The molecule has 3 rings (SSSR count). The monoisotopic (exact) mass is 340 g/mol. The van der Waals surface area contributed by atoms with Gasteiger partial charge in [-0.3, -0.25) is 0 Å². The van der Waals surface area contributed by atoms with Crippen molar-refractivity contribution in [3.8, 4) is 0 Å². The Morgan fingerprint density at radius 1 is 1.30 bits per heavy atom. The first-order chi connectivity index (χ1) is 10.9. The fraction of sp³-hybridized carbons (Fsp3) is 0.733. The molecular formula is C15H24N4O3S. The molecule has 2 aliphatic heterocycles. The summed E-state index contributed by atoms with van der Waals surface area (Å²) < 4.78 is 30.4. The molecule has 23 heavy (non-hydrogen) atoms. The van der Waals surface area contributed by atoms with E-state index in [0.717, 1.165) is 31.8 Å². The lowest BCUT2D eigenvalue weighted by molar-refractivity contribution is 0.148. The van der Waals surface area contributed by atoms with Gasteiger partial charge in [0.15, 0.2) is 0 Å². The van der Waals surface area contributed by atoms with Crippen LogP contribution in [0.3, 0.4) is 0 Å². The number of sulfonamides is 1. The van der Waals surface area contributed by atoms with Crippen LogP contribution in [0.4, 0.5) is 5.95 Å². The molecule has 0 saturated carbocycles. The zero-order valence-electron chi connectivity index (χ0n) is 13.7. The normalized spacial score (nSPS) is 25.1. The number of ether oxygens (including phenoxy) is 1. The zero-order chi connectivity index (χ0) is 16.5. The number of hydrogen-bond donors (Lipinski definition) is 0. The van der Waals surface area contributed by atoms with Crippen LogP contribution in [0.2, 0.25) is 0 Å². The molecule has 8 heteroatoms. The molecule has 0 aromatic carbocycles. The van der Waals surface area contributed by atoms with Gasteiger partial charge in [-0.1, -0.05) is 0 Å². The van der Waals surface area contributed by atoms with E-state index < -0.39 is 10.0 Å². The van der Waals surface area contributed by atoms with E-state index in [1.165, 1.54) is 6.26 Å². The Morgan fingerprint density at radius 2 is 1.96 bits per heavy atom. The molecule has 0 amide bonds. The fourth-order valence-corrected chi connectivity index (χ4v) is 4.68. The van der Waals surface area contributed by atoms with Crippen LogP contribution >= 0.6 is 0 Å². The van der Waals surface area contributed by atoms with Gasteiger partial charge in [0.25, 0.3) is 0 Å². The molecule has 1 unspecified atom stereocenters. The van der Waals surface area contributed by atoms with Crippen LogP contribution in [-0.2, 0) is 14.8 Å². The predicted molar refractivity (Wildman–Crippen MR) is 87.7 cm³/mol. The second-order valence-corrected chi connectivity index (χ2v) is 8.63. The molecule has 1 aromatic rings. The zero-order valence-corrected chi connectivity index (χ0v) is 14.5. The number of anilines is 1. The van der Waals surface area contributed by atoms with Gasteiger partial charge in [-0.2, -0.15) is 0 Å². The van der Waals surface area contributed by atoms with Gasteiger partial charge in [-0.15, -0.1) is 0 Å². The van der Waals surface area contributed by atoms with Gasteiger partial charge in [0.1, 0.15) is 0 Å². The molecular weight excluding hydrogens is 316 g/mol. The average Bonchev–Trinajstić information content (AvgIpc) is 2.86. The second-order valence-electron chi connectivity index (χ2n) is 6.65. The van der Waals surface area contributed by atoms with Crippen LogP contribution in [0.15, 0.2) is 18.5 Å². The molecule has 1 aromatic heterocycles. The molecule has 128 valence electrons. The van der Waals surface area contributed by atoms with Gasteiger partial charge in [0.05, 0.1) is 18.9 Å². The molecule has 0 aliphatic carbocycles. The Hall–Kier alpha value is -1.25. The van der Waals surface area contributed by atoms with Crippen molar-refractivity contribution in [2.45, 2.75) is 25.3 Å². The van der Waals surface area contributed by atoms with E-state index in [-0.39, 0.29) is 11.5 Å². The molecule has 0 N–H and O–H groups in total. The largest absolute Gasteiger partial charge is 0.383 e. The molecule has 0 bridgehead atoms. The van der Waals surface area contributed by atoms with E-state index in [9.17, 15) is 8.42 Å². The van der Waals surface area contributed by atoms with Gasteiger partial charge in [-0.05, 0) is 30.7 Å². The summed E-state index contributed by atoms with van der Waals surface area (Å²) in [5.74, 6) is 0.733. The van der Waals surface area contributed by atoms with Gasteiger partial charge in [0, 0.05) is 39.1 Å². The van der Waals surface area contributed by atoms with Gasteiger partial charge >= 0.3 is 0 Å². The van der Waals surface area contributed by atoms with E-state index >= 15 is 0 Å². The van der Waals surface area contributed by atoms with Crippen LogP contribution < -0.4 is 4.90 Å². The molecule has 7 nitrogen and oxygen atoms in total. The summed E-state index contributed by atoms with van der Waals surface area (Å²) in [5, 5.41) is 0. The Bertz CT molecular complexity index is 629.